The van der Waals surface area contributed by atoms with Crippen LogP contribution in [0, 0.1) is 11.6 Å². The van der Waals surface area contributed by atoms with Crippen LogP contribution in [0.4, 0.5) is 14.5 Å². The molecule has 1 aromatic rings. The molecule has 0 aliphatic carbocycles. The van der Waals surface area contributed by atoms with Crippen molar-refractivity contribution in [3.05, 3.63) is 28.8 Å². The minimum atomic E-state index is -0.910. The van der Waals surface area contributed by atoms with Crippen LogP contribution in [0.25, 0.3) is 0 Å². The molecule has 1 fully saturated rings. The third-order valence-electron chi connectivity index (χ3n) is 2.36. The molecule has 3 nitrogen and oxygen atoms in total. The van der Waals surface area contributed by atoms with E-state index in [4.69, 9.17) is 11.6 Å². The maximum absolute atomic E-state index is 13.5. The first-order valence-corrected chi connectivity index (χ1v) is 5.00. The number of carbonyl (C=O) groups is 1. The molecule has 0 spiro atoms. The zero-order chi connectivity index (χ0) is 11.9. The number of anilines is 1. The van der Waals surface area contributed by atoms with Crippen molar-refractivity contribution in [3.63, 3.8) is 0 Å². The van der Waals surface area contributed by atoms with E-state index in [9.17, 15) is 18.7 Å². The van der Waals surface area contributed by atoms with Crippen LogP contribution in [0.2, 0.25) is 5.02 Å². The molecule has 1 unspecified atom stereocenters. The number of hydrogen-bond acceptors (Lipinski definition) is 2. The lowest BCUT2D eigenvalue weighted by Crippen LogP contribution is -2.27. The van der Waals surface area contributed by atoms with Gasteiger partial charge in [-0.1, -0.05) is 11.6 Å². The Kier molecular flexibility index (Phi) is 2.82. The molecule has 1 aliphatic heterocycles. The zero-order valence-electron chi connectivity index (χ0n) is 8.08. The number of rotatable bonds is 1. The Balaban J connectivity index is 2.44. The van der Waals surface area contributed by atoms with Crippen molar-refractivity contribution in [2.24, 2.45) is 0 Å². The van der Waals surface area contributed by atoms with Crippen LogP contribution in [-0.4, -0.2) is 23.7 Å². The Labute approximate surface area is 95.2 Å². The Bertz CT molecular complexity index is 429. The Morgan fingerprint density at radius 1 is 1.38 bits per heavy atom. The van der Waals surface area contributed by atoms with E-state index in [1.807, 2.05) is 0 Å². The van der Waals surface area contributed by atoms with Gasteiger partial charge in [0.15, 0.2) is 11.6 Å². The Hall–Kier alpha value is -1.20. The number of benzene rings is 1. The summed E-state index contributed by atoms with van der Waals surface area (Å²) in [5, 5.41) is 9.16. The highest BCUT2D eigenvalue weighted by atomic mass is 35.5. The van der Waals surface area contributed by atoms with Crippen molar-refractivity contribution in [3.8, 4) is 0 Å². The maximum Gasteiger partial charge on any atom is 0.229 e. The molecule has 16 heavy (non-hydrogen) atoms. The molecule has 1 saturated heterocycles. The minimum absolute atomic E-state index is 0.0778. The molecule has 6 heteroatoms. The third-order valence-corrected chi connectivity index (χ3v) is 2.57. The van der Waals surface area contributed by atoms with Gasteiger partial charge in [0, 0.05) is 5.02 Å². The molecule has 2 rings (SSSR count). The monoisotopic (exact) mass is 247 g/mol. The first kappa shape index (κ1) is 11.3. The van der Waals surface area contributed by atoms with Gasteiger partial charge in [-0.2, -0.15) is 0 Å². The number of hydrogen-bond donors (Lipinski definition) is 1. The normalized spacial score (nSPS) is 20.6. The highest BCUT2D eigenvalue weighted by molar-refractivity contribution is 6.30. The first-order chi connectivity index (χ1) is 7.49. The Morgan fingerprint density at radius 2 is 1.94 bits per heavy atom. The molecule has 1 aliphatic rings. The summed E-state index contributed by atoms with van der Waals surface area (Å²) < 4.78 is 26.9. The van der Waals surface area contributed by atoms with E-state index in [0.29, 0.717) is 0 Å². The van der Waals surface area contributed by atoms with Crippen molar-refractivity contribution in [1.82, 2.24) is 0 Å². The van der Waals surface area contributed by atoms with Gasteiger partial charge in [0.1, 0.15) is 5.69 Å². The second-order valence-corrected chi connectivity index (χ2v) is 4.02. The largest absolute Gasteiger partial charge is 0.391 e. The quantitative estimate of drug-likeness (QED) is 0.821. The summed E-state index contributed by atoms with van der Waals surface area (Å²) in [7, 11) is 0. The molecular weight excluding hydrogens is 240 g/mol. The molecule has 1 N–H and O–H groups in total. The van der Waals surface area contributed by atoms with Crippen LogP contribution in [-0.2, 0) is 4.79 Å². The number of amides is 1. The topological polar surface area (TPSA) is 40.5 Å². The number of halogens is 3. The molecule has 1 aromatic carbocycles. The van der Waals surface area contributed by atoms with Gasteiger partial charge in [-0.25, -0.2) is 8.78 Å². The predicted octanol–water partition coefficient (Wildman–Crippen LogP) is 1.72. The van der Waals surface area contributed by atoms with Crippen molar-refractivity contribution in [2.45, 2.75) is 12.5 Å². The van der Waals surface area contributed by atoms with Crippen molar-refractivity contribution in [1.29, 1.82) is 0 Å². The number of β-amino-alcohol motifs (C(OH)–C–C–N with tert-alkyl or cyclic N) is 1. The predicted molar refractivity (Wildman–Crippen MR) is 54.3 cm³/mol. The van der Waals surface area contributed by atoms with Gasteiger partial charge in [-0.15, -0.1) is 0 Å². The van der Waals surface area contributed by atoms with E-state index in [1.165, 1.54) is 0 Å². The van der Waals surface area contributed by atoms with Crippen LogP contribution in [0.15, 0.2) is 12.1 Å². The van der Waals surface area contributed by atoms with Crippen LogP contribution in [0.1, 0.15) is 6.42 Å². The van der Waals surface area contributed by atoms with Gasteiger partial charge >= 0.3 is 0 Å². The number of aliphatic hydroxyl groups is 1. The lowest BCUT2D eigenvalue weighted by Gasteiger charge is -2.17. The average molecular weight is 248 g/mol. The molecular formula is C10H8ClF2NO2. The van der Waals surface area contributed by atoms with E-state index in [0.717, 1.165) is 17.0 Å². The smallest absolute Gasteiger partial charge is 0.229 e. The van der Waals surface area contributed by atoms with Gasteiger partial charge in [0.05, 0.1) is 19.1 Å². The molecule has 1 heterocycles. The molecule has 0 aromatic heterocycles. The fourth-order valence-corrected chi connectivity index (χ4v) is 1.89. The SMILES string of the molecule is O=C1CC(O)CN1c1c(F)cc(Cl)cc1F. The van der Waals surface area contributed by atoms with Crippen LogP contribution < -0.4 is 4.90 Å². The van der Waals surface area contributed by atoms with E-state index in [1.54, 1.807) is 0 Å². The molecule has 0 bridgehead atoms. The standard InChI is InChI=1S/C10H8ClF2NO2/c11-5-1-7(12)10(8(13)2-5)14-4-6(15)3-9(14)16/h1-2,6,15H,3-4H2. The molecule has 0 radical (unpaired) electrons. The van der Waals surface area contributed by atoms with Gasteiger partial charge < -0.3 is 10.0 Å². The molecule has 0 saturated carbocycles. The summed E-state index contributed by atoms with van der Waals surface area (Å²) in [5.41, 5.74) is -0.453. The van der Waals surface area contributed by atoms with E-state index in [-0.39, 0.29) is 18.0 Å². The van der Waals surface area contributed by atoms with E-state index < -0.39 is 29.3 Å². The van der Waals surface area contributed by atoms with Crippen molar-refractivity contribution in [2.75, 3.05) is 11.4 Å². The number of nitrogens with zero attached hydrogens (tertiary/aromatic N) is 1. The lowest BCUT2D eigenvalue weighted by molar-refractivity contribution is -0.117. The third kappa shape index (κ3) is 1.88. The Morgan fingerprint density at radius 3 is 2.38 bits per heavy atom. The highest BCUT2D eigenvalue weighted by Crippen LogP contribution is 2.30. The van der Waals surface area contributed by atoms with Gasteiger partial charge in [0.2, 0.25) is 5.91 Å². The van der Waals surface area contributed by atoms with Crippen LogP contribution in [0.5, 0.6) is 0 Å². The van der Waals surface area contributed by atoms with Crippen molar-refractivity contribution < 1.29 is 18.7 Å². The summed E-state index contributed by atoms with van der Waals surface area (Å²) in [5.74, 6) is -2.33. The van der Waals surface area contributed by atoms with Crippen LogP contribution in [0.3, 0.4) is 0 Å². The summed E-state index contributed by atoms with van der Waals surface area (Å²) in [6, 6.07) is 1.86. The maximum atomic E-state index is 13.5. The summed E-state index contributed by atoms with van der Waals surface area (Å²) in [4.78, 5) is 12.3. The van der Waals surface area contributed by atoms with E-state index in [2.05, 4.69) is 0 Å². The second-order valence-electron chi connectivity index (χ2n) is 3.58. The highest BCUT2D eigenvalue weighted by Gasteiger charge is 2.32. The summed E-state index contributed by atoms with van der Waals surface area (Å²) in [6.45, 7) is -0.103. The minimum Gasteiger partial charge on any atom is -0.391 e. The van der Waals surface area contributed by atoms with Gasteiger partial charge in [-0.3, -0.25) is 4.79 Å². The summed E-state index contributed by atoms with van der Waals surface area (Å²) >= 11 is 5.46. The molecule has 86 valence electrons. The van der Waals surface area contributed by atoms with Crippen LogP contribution >= 0.6 is 11.6 Å². The second kappa shape index (κ2) is 3.99. The van der Waals surface area contributed by atoms with E-state index >= 15 is 0 Å². The fourth-order valence-electron chi connectivity index (χ4n) is 1.70. The van der Waals surface area contributed by atoms with Gasteiger partial charge in [-0.05, 0) is 12.1 Å². The first-order valence-electron chi connectivity index (χ1n) is 4.62. The number of carbonyl (C=O) groups excluding carboxylic acids is 1. The fraction of sp³-hybridized carbons (Fsp3) is 0.300. The summed E-state index contributed by atoms with van der Waals surface area (Å²) in [6.07, 6.45) is -1.01. The average Bonchev–Trinajstić information content (AvgIpc) is 2.43. The molecule has 1 atom stereocenters. The zero-order valence-corrected chi connectivity index (χ0v) is 8.84. The van der Waals surface area contributed by atoms with Gasteiger partial charge in [0.25, 0.3) is 0 Å². The number of aliphatic hydroxyl groups excluding tert-OH is 1. The molecule has 1 amide bonds. The van der Waals surface area contributed by atoms with Crippen molar-refractivity contribution >= 4 is 23.2 Å². The lowest BCUT2D eigenvalue weighted by atomic mass is 10.2.